The number of furan rings is 1. The van der Waals surface area contributed by atoms with Gasteiger partial charge in [-0.05, 0) is 67.3 Å². The first-order chi connectivity index (χ1) is 19.3. The highest BCUT2D eigenvalue weighted by Crippen LogP contribution is 2.35. The molecule has 1 amide bonds. The third kappa shape index (κ3) is 6.01. The smallest absolute Gasteiger partial charge is 0.324 e. The molecule has 0 saturated carbocycles. The Morgan fingerprint density at radius 1 is 0.927 bits per heavy atom. The van der Waals surface area contributed by atoms with Crippen LogP contribution in [-0.2, 0) is 19.6 Å². The van der Waals surface area contributed by atoms with Crippen molar-refractivity contribution in [3.63, 3.8) is 0 Å². The number of esters is 1. The molecule has 41 heavy (non-hydrogen) atoms. The molecular weight excluding hydrogens is 548 g/mol. The van der Waals surface area contributed by atoms with E-state index < -0.39 is 27.9 Å². The quantitative estimate of drug-likeness (QED) is 0.184. The van der Waals surface area contributed by atoms with E-state index in [2.05, 4.69) is 10.0 Å². The summed E-state index contributed by atoms with van der Waals surface area (Å²) in [7, 11) is -2.76. The molecule has 1 atom stereocenters. The van der Waals surface area contributed by atoms with Crippen molar-refractivity contribution in [3.05, 3.63) is 77.6 Å². The van der Waals surface area contributed by atoms with Crippen molar-refractivity contribution in [2.75, 3.05) is 12.4 Å². The summed E-state index contributed by atoms with van der Waals surface area (Å²) in [4.78, 5) is 36.7. The van der Waals surface area contributed by atoms with Crippen molar-refractivity contribution in [2.45, 2.75) is 38.6 Å². The molecule has 11 heteroatoms. The number of hydrogen-bond acceptors (Lipinski definition) is 8. The Bertz CT molecular complexity index is 1740. The van der Waals surface area contributed by atoms with Crippen molar-refractivity contribution in [1.29, 1.82) is 0 Å². The second kappa shape index (κ2) is 11.6. The van der Waals surface area contributed by atoms with Gasteiger partial charge in [-0.3, -0.25) is 14.4 Å². The number of phenolic OH excluding ortho intramolecular Hbond substituents is 1. The van der Waals surface area contributed by atoms with Crippen LogP contribution in [0, 0.1) is 12.8 Å². The van der Waals surface area contributed by atoms with Crippen LogP contribution >= 0.6 is 0 Å². The fraction of sp³-hybridized carbons (Fsp3) is 0.233. The van der Waals surface area contributed by atoms with Gasteiger partial charge in [0.05, 0.1) is 23.0 Å². The maximum Gasteiger partial charge on any atom is 0.324 e. The van der Waals surface area contributed by atoms with Gasteiger partial charge in [0.2, 0.25) is 10.0 Å². The summed E-state index contributed by atoms with van der Waals surface area (Å²) >= 11 is 0. The lowest BCUT2D eigenvalue weighted by molar-refractivity contribution is -0.143. The summed E-state index contributed by atoms with van der Waals surface area (Å²) in [6.45, 7) is 6.41. The Kier molecular flexibility index (Phi) is 8.32. The number of fused-ring (bicyclic) bond motifs is 1. The number of carbonyl (C=O) groups is 3. The first-order valence-electron chi connectivity index (χ1n) is 12.7. The van der Waals surface area contributed by atoms with Gasteiger partial charge in [0.15, 0.2) is 11.5 Å². The van der Waals surface area contributed by atoms with Gasteiger partial charge < -0.3 is 19.6 Å². The number of methoxy groups -OCH3 is 1. The lowest BCUT2D eigenvalue weighted by Gasteiger charge is -2.19. The Morgan fingerprint density at radius 2 is 1.51 bits per heavy atom. The molecule has 1 unspecified atom stereocenters. The highest BCUT2D eigenvalue weighted by molar-refractivity contribution is 7.89. The topological polar surface area (TPSA) is 152 Å². The lowest BCUT2D eigenvalue weighted by atomic mass is 10.0. The van der Waals surface area contributed by atoms with Crippen LogP contribution in [-0.4, -0.2) is 44.3 Å². The van der Waals surface area contributed by atoms with Crippen LogP contribution in [0.5, 0.6) is 5.75 Å². The maximum atomic E-state index is 13.0. The second-order valence-electron chi connectivity index (χ2n) is 9.87. The first-order valence-corrected chi connectivity index (χ1v) is 14.2. The highest BCUT2D eigenvalue weighted by Gasteiger charge is 2.29. The predicted molar refractivity (Wildman–Crippen MR) is 153 cm³/mol. The molecule has 1 aromatic heterocycles. The first kappa shape index (κ1) is 29.5. The monoisotopic (exact) mass is 578 g/mol. The summed E-state index contributed by atoms with van der Waals surface area (Å²) in [5.41, 5.74) is 2.84. The fourth-order valence-corrected chi connectivity index (χ4v) is 5.73. The highest BCUT2D eigenvalue weighted by atomic mass is 32.2. The summed E-state index contributed by atoms with van der Waals surface area (Å²) in [5.74, 6) is -2.01. The third-order valence-electron chi connectivity index (χ3n) is 6.70. The van der Waals surface area contributed by atoms with Gasteiger partial charge in [-0.15, -0.1) is 0 Å². The number of hydrogen-bond donors (Lipinski definition) is 3. The Labute approximate surface area is 237 Å². The van der Waals surface area contributed by atoms with E-state index in [4.69, 9.17) is 9.15 Å². The van der Waals surface area contributed by atoms with Crippen LogP contribution in [0.1, 0.15) is 47.2 Å². The van der Waals surface area contributed by atoms with Crippen molar-refractivity contribution in [2.24, 2.45) is 5.92 Å². The molecule has 0 aliphatic carbocycles. The number of carbonyl (C=O) groups excluding carboxylic acids is 3. The summed E-state index contributed by atoms with van der Waals surface area (Å²) in [5, 5.41) is 13.6. The number of Topliss-reactive ketones (excluding diaryl/α,β-unsaturated/α-hetero) is 1. The van der Waals surface area contributed by atoms with E-state index in [1.807, 2.05) is 0 Å². The molecule has 0 bridgehead atoms. The number of anilines is 1. The molecule has 3 aromatic carbocycles. The van der Waals surface area contributed by atoms with Crippen LogP contribution in [0.2, 0.25) is 0 Å². The number of sulfonamides is 1. The van der Waals surface area contributed by atoms with Crippen LogP contribution < -0.4 is 10.0 Å². The van der Waals surface area contributed by atoms with Crippen molar-refractivity contribution in [1.82, 2.24) is 4.72 Å². The molecule has 0 spiro atoms. The molecule has 4 aromatic rings. The average molecular weight is 579 g/mol. The van der Waals surface area contributed by atoms with Gasteiger partial charge in [-0.1, -0.05) is 38.1 Å². The van der Waals surface area contributed by atoms with Gasteiger partial charge in [0.25, 0.3) is 5.91 Å². The number of amides is 1. The molecule has 0 saturated heterocycles. The number of benzene rings is 3. The Hall–Kier alpha value is -4.48. The zero-order valence-electron chi connectivity index (χ0n) is 23.1. The second-order valence-corrected chi connectivity index (χ2v) is 11.6. The summed E-state index contributed by atoms with van der Waals surface area (Å²) in [6.07, 6.45) is 0. The average Bonchev–Trinajstić information content (AvgIpc) is 3.28. The molecular formula is C30H30N2O8S. The van der Waals surface area contributed by atoms with Crippen LogP contribution in [0.3, 0.4) is 0 Å². The fourth-order valence-electron chi connectivity index (χ4n) is 4.40. The Morgan fingerprint density at radius 3 is 2.05 bits per heavy atom. The minimum absolute atomic E-state index is 0.00218. The van der Waals surface area contributed by atoms with Crippen LogP contribution in [0.25, 0.3) is 22.1 Å². The van der Waals surface area contributed by atoms with Crippen molar-refractivity contribution < 1.29 is 37.1 Å². The number of ether oxygens (including phenoxy) is 1. The number of nitrogens with one attached hydrogen (secondary N) is 2. The maximum absolute atomic E-state index is 13.0. The zero-order chi connectivity index (χ0) is 30.1. The van der Waals surface area contributed by atoms with Crippen LogP contribution in [0.15, 0.2) is 70.0 Å². The normalized spacial score (nSPS) is 12.3. The number of ketones is 1. The molecule has 0 aliphatic rings. The molecule has 0 radical (unpaired) electrons. The van der Waals surface area contributed by atoms with Gasteiger partial charge in [0, 0.05) is 11.3 Å². The molecule has 0 fully saturated rings. The zero-order valence-corrected chi connectivity index (χ0v) is 24.0. The molecule has 214 valence electrons. The number of aromatic hydroxyl groups is 1. The van der Waals surface area contributed by atoms with Crippen molar-refractivity contribution >= 4 is 44.3 Å². The number of rotatable bonds is 9. The number of aryl methyl sites for hydroxylation is 1. The van der Waals surface area contributed by atoms with E-state index in [1.165, 1.54) is 32.2 Å². The molecule has 0 aliphatic heterocycles. The molecule has 4 rings (SSSR count). The van der Waals surface area contributed by atoms with E-state index in [9.17, 15) is 27.9 Å². The van der Waals surface area contributed by atoms with Crippen molar-refractivity contribution in [3.8, 4) is 16.9 Å². The molecule has 1 heterocycles. The third-order valence-corrected chi connectivity index (χ3v) is 8.15. The standard InChI is InChI=1S/C30H30N2O8S/c1-16(2)26(30(36)39-5)32-41(37,38)22-12-8-20(9-13-22)19-6-10-21(11-7-19)31-29(35)28-17(3)25-24(40-28)15-14-23(18(4)33)27(25)34/h6-16,26,32,34H,1-5H3,(H,31,35). The summed E-state index contributed by atoms with van der Waals surface area (Å²) in [6, 6.07) is 15.1. The predicted octanol–water partition coefficient (Wildman–Crippen LogP) is 5.04. The largest absolute Gasteiger partial charge is 0.506 e. The van der Waals surface area contributed by atoms with Gasteiger partial charge in [-0.25, -0.2) is 8.42 Å². The number of phenols is 1. The minimum Gasteiger partial charge on any atom is -0.506 e. The van der Waals surface area contributed by atoms with E-state index in [0.29, 0.717) is 16.6 Å². The Balaban J connectivity index is 1.49. The van der Waals surface area contributed by atoms with Crippen LogP contribution in [0.4, 0.5) is 5.69 Å². The minimum atomic E-state index is -3.97. The molecule has 3 N–H and O–H groups in total. The SMILES string of the molecule is COC(=O)C(NS(=O)(=O)c1ccc(-c2ccc(NC(=O)c3oc4ccc(C(C)=O)c(O)c4c3C)cc2)cc1)C(C)C. The summed E-state index contributed by atoms with van der Waals surface area (Å²) < 4.78 is 38.4. The van der Waals surface area contributed by atoms with E-state index in [1.54, 1.807) is 63.2 Å². The van der Waals surface area contributed by atoms with E-state index in [0.717, 1.165) is 11.1 Å². The van der Waals surface area contributed by atoms with Gasteiger partial charge >= 0.3 is 5.97 Å². The van der Waals surface area contributed by atoms with E-state index >= 15 is 0 Å². The molecule has 10 nitrogen and oxygen atoms in total. The van der Waals surface area contributed by atoms with Gasteiger partial charge in [0.1, 0.15) is 17.4 Å². The van der Waals surface area contributed by atoms with E-state index in [-0.39, 0.29) is 39.3 Å². The van der Waals surface area contributed by atoms with Gasteiger partial charge in [-0.2, -0.15) is 4.72 Å². The lowest BCUT2D eigenvalue weighted by Crippen LogP contribution is -2.44.